The number of carbonyl (C=O) groups excluding carboxylic acids is 3. The van der Waals surface area contributed by atoms with Crippen LogP contribution in [0.1, 0.15) is 239 Å². The summed E-state index contributed by atoms with van der Waals surface area (Å²) in [5.41, 5.74) is 0. The first-order valence-electron chi connectivity index (χ1n) is 26.8. The lowest BCUT2D eigenvalue weighted by Gasteiger charge is -2.18. The van der Waals surface area contributed by atoms with E-state index in [2.05, 4.69) is 45.1 Å². The van der Waals surface area contributed by atoms with Crippen LogP contribution in [0.25, 0.3) is 0 Å². The fourth-order valence-electron chi connectivity index (χ4n) is 7.24. The van der Waals surface area contributed by atoms with E-state index in [-0.39, 0.29) is 31.1 Å². The quantitative estimate of drug-likeness (QED) is 0.0199. The zero-order chi connectivity index (χ0) is 47.2. The van der Waals surface area contributed by atoms with Gasteiger partial charge in [-0.05, 0) is 64.2 Å². The van der Waals surface area contributed by atoms with Gasteiger partial charge in [0.1, 0.15) is 13.2 Å². The molecule has 0 aromatic carbocycles. The highest BCUT2D eigenvalue weighted by Crippen LogP contribution is 2.15. The van der Waals surface area contributed by atoms with Crippen molar-refractivity contribution in [3.05, 3.63) is 97.2 Å². The van der Waals surface area contributed by atoms with E-state index in [1.807, 2.05) is 72.9 Å². The lowest BCUT2D eigenvalue weighted by Crippen LogP contribution is -2.30. The molecule has 0 aliphatic rings. The first-order chi connectivity index (χ1) is 32.0. The minimum Gasteiger partial charge on any atom is -0.462 e. The molecular weight excluding hydrogens is 805 g/mol. The summed E-state index contributed by atoms with van der Waals surface area (Å²) in [6.07, 6.45) is 69.6. The van der Waals surface area contributed by atoms with Crippen molar-refractivity contribution in [2.45, 2.75) is 245 Å². The summed E-state index contributed by atoms with van der Waals surface area (Å²) in [5.74, 6) is -0.959. The summed E-state index contributed by atoms with van der Waals surface area (Å²) in [6.45, 7) is 6.44. The molecule has 0 saturated heterocycles. The van der Waals surface area contributed by atoms with Crippen molar-refractivity contribution in [1.82, 2.24) is 0 Å². The van der Waals surface area contributed by atoms with Gasteiger partial charge in [-0.2, -0.15) is 0 Å². The number of ether oxygens (including phenoxy) is 3. The number of hydrogen-bond acceptors (Lipinski definition) is 6. The van der Waals surface area contributed by atoms with Crippen molar-refractivity contribution in [3.63, 3.8) is 0 Å². The second-order valence-electron chi connectivity index (χ2n) is 17.6. The third kappa shape index (κ3) is 51.2. The van der Waals surface area contributed by atoms with Gasteiger partial charge in [0.15, 0.2) is 6.10 Å². The van der Waals surface area contributed by atoms with Crippen LogP contribution in [0.2, 0.25) is 0 Å². The Kier molecular flexibility index (Phi) is 50.0. The zero-order valence-electron chi connectivity index (χ0n) is 42.2. The molecule has 0 bridgehead atoms. The Labute approximate surface area is 400 Å². The van der Waals surface area contributed by atoms with Crippen LogP contribution in [0.4, 0.5) is 0 Å². The average Bonchev–Trinajstić information content (AvgIpc) is 3.30. The summed E-state index contributed by atoms with van der Waals surface area (Å²) < 4.78 is 16.8. The predicted octanol–water partition coefficient (Wildman–Crippen LogP) is 17.8. The van der Waals surface area contributed by atoms with E-state index in [0.29, 0.717) is 19.3 Å². The second kappa shape index (κ2) is 52.9. The lowest BCUT2D eigenvalue weighted by atomic mass is 10.0. The van der Waals surface area contributed by atoms with Gasteiger partial charge in [0.25, 0.3) is 0 Å². The minimum atomic E-state index is -0.803. The van der Waals surface area contributed by atoms with E-state index in [9.17, 15) is 14.4 Å². The van der Waals surface area contributed by atoms with Crippen molar-refractivity contribution < 1.29 is 28.6 Å². The molecule has 0 fully saturated rings. The molecule has 6 nitrogen and oxygen atoms in total. The largest absolute Gasteiger partial charge is 0.462 e. The molecule has 0 radical (unpaired) electrons. The van der Waals surface area contributed by atoms with E-state index in [4.69, 9.17) is 14.2 Å². The van der Waals surface area contributed by atoms with E-state index < -0.39 is 6.10 Å². The standard InChI is InChI=1S/C59H98O6/c1-4-7-10-13-16-19-22-25-28-29-30-31-32-35-37-40-43-46-49-52-58(61)64-55-56(65-59(62)53-50-47-44-41-38-34-27-24-21-18-15-12-9-6-3)54-63-57(60)51-48-45-42-39-36-33-26-23-20-17-14-11-8-5-2/h7,10,13,16,19,22,25,28-32,34-35,37-38,56H,4-6,8-9,11-12,14-15,17-18,20-21,23-24,26-27,33,36,39-55H2,1-3H3/b10-7-,16-13-,22-19-,28-25-,30-29+,32-31-,37-35-,38-34-. The highest BCUT2D eigenvalue weighted by Gasteiger charge is 2.19. The van der Waals surface area contributed by atoms with E-state index >= 15 is 0 Å². The molecule has 0 spiro atoms. The Bertz CT molecular complexity index is 1310. The summed E-state index contributed by atoms with van der Waals surface area (Å²) in [7, 11) is 0. The van der Waals surface area contributed by atoms with Crippen molar-refractivity contribution in [2.75, 3.05) is 13.2 Å². The Hall–Kier alpha value is -3.67. The predicted molar refractivity (Wildman–Crippen MR) is 279 cm³/mol. The average molecular weight is 903 g/mol. The molecule has 0 aliphatic heterocycles. The number of carbonyl (C=O) groups is 3. The van der Waals surface area contributed by atoms with Crippen LogP contribution in [0, 0.1) is 0 Å². The molecule has 0 heterocycles. The van der Waals surface area contributed by atoms with Crippen LogP contribution in [0.15, 0.2) is 97.2 Å². The molecular formula is C59H98O6. The van der Waals surface area contributed by atoms with Gasteiger partial charge in [0.2, 0.25) is 0 Å². The van der Waals surface area contributed by atoms with Gasteiger partial charge >= 0.3 is 17.9 Å². The second-order valence-corrected chi connectivity index (χ2v) is 17.6. The van der Waals surface area contributed by atoms with Gasteiger partial charge in [-0.3, -0.25) is 14.4 Å². The van der Waals surface area contributed by atoms with Crippen molar-refractivity contribution in [3.8, 4) is 0 Å². The first kappa shape index (κ1) is 61.3. The van der Waals surface area contributed by atoms with E-state index in [1.165, 1.54) is 116 Å². The monoisotopic (exact) mass is 903 g/mol. The summed E-state index contributed by atoms with van der Waals surface area (Å²) >= 11 is 0. The fraction of sp³-hybridized carbons (Fsp3) is 0.678. The molecule has 370 valence electrons. The van der Waals surface area contributed by atoms with Gasteiger partial charge in [0.05, 0.1) is 0 Å². The fourth-order valence-corrected chi connectivity index (χ4v) is 7.24. The lowest BCUT2D eigenvalue weighted by molar-refractivity contribution is -0.167. The molecule has 0 aromatic heterocycles. The minimum absolute atomic E-state index is 0.0974. The summed E-state index contributed by atoms with van der Waals surface area (Å²) in [6, 6.07) is 0. The van der Waals surface area contributed by atoms with Gasteiger partial charge in [-0.25, -0.2) is 0 Å². The first-order valence-corrected chi connectivity index (χ1v) is 26.8. The SMILES string of the molecule is CC\C=C/C=C\C=C/C=C\C=C\C=C/C=C\CCCCCC(=O)OCC(COC(=O)CCCCCCCCCCCCCCCC)OC(=O)CCCCC/C=C\CCCCCCCCC. The maximum atomic E-state index is 12.8. The molecule has 0 rings (SSSR count). The van der Waals surface area contributed by atoms with Crippen LogP contribution >= 0.6 is 0 Å². The smallest absolute Gasteiger partial charge is 0.306 e. The normalized spacial score (nSPS) is 12.8. The van der Waals surface area contributed by atoms with Crippen molar-refractivity contribution >= 4 is 17.9 Å². The highest BCUT2D eigenvalue weighted by molar-refractivity contribution is 5.71. The molecule has 0 N–H and O–H groups in total. The van der Waals surface area contributed by atoms with E-state index in [0.717, 1.165) is 83.5 Å². The molecule has 65 heavy (non-hydrogen) atoms. The maximum absolute atomic E-state index is 12.8. The Morgan fingerprint density at radius 1 is 0.323 bits per heavy atom. The van der Waals surface area contributed by atoms with E-state index in [1.54, 1.807) is 0 Å². The van der Waals surface area contributed by atoms with Crippen molar-refractivity contribution in [2.24, 2.45) is 0 Å². The van der Waals surface area contributed by atoms with Gasteiger partial charge in [-0.1, -0.05) is 253 Å². The molecule has 1 atom stereocenters. The Morgan fingerprint density at radius 3 is 1.00 bits per heavy atom. The maximum Gasteiger partial charge on any atom is 0.306 e. The van der Waals surface area contributed by atoms with Crippen LogP contribution in [0.5, 0.6) is 0 Å². The number of unbranched alkanes of at least 4 members (excludes halogenated alkanes) is 26. The van der Waals surface area contributed by atoms with Gasteiger partial charge in [-0.15, -0.1) is 0 Å². The van der Waals surface area contributed by atoms with Crippen LogP contribution in [-0.2, 0) is 28.6 Å². The molecule has 1 unspecified atom stereocenters. The molecule has 0 saturated carbocycles. The van der Waals surface area contributed by atoms with Crippen LogP contribution in [-0.4, -0.2) is 37.2 Å². The van der Waals surface area contributed by atoms with Gasteiger partial charge in [0, 0.05) is 19.3 Å². The molecule has 0 amide bonds. The molecule has 0 aliphatic carbocycles. The third-order valence-electron chi connectivity index (χ3n) is 11.3. The topological polar surface area (TPSA) is 78.9 Å². The Morgan fingerprint density at radius 2 is 0.615 bits per heavy atom. The summed E-state index contributed by atoms with van der Waals surface area (Å²) in [5, 5.41) is 0. The number of rotatable bonds is 47. The van der Waals surface area contributed by atoms with Crippen LogP contribution in [0.3, 0.4) is 0 Å². The number of allylic oxidation sites excluding steroid dienone is 16. The van der Waals surface area contributed by atoms with Crippen LogP contribution < -0.4 is 0 Å². The zero-order valence-corrected chi connectivity index (χ0v) is 42.2. The number of esters is 3. The van der Waals surface area contributed by atoms with Gasteiger partial charge < -0.3 is 14.2 Å². The number of hydrogen-bond donors (Lipinski definition) is 0. The Balaban J connectivity index is 4.50. The molecule has 6 heteroatoms. The summed E-state index contributed by atoms with van der Waals surface area (Å²) in [4.78, 5) is 38.0. The third-order valence-corrected chi connectivity index (χ3v) is 11.3. The molecule has 0 aromatic rings. The highest BCUT2D eigenvalue weighted by atomic mass is 16.6. The van der Waals surface area contributed by atoms with Crippen molar-refractivity contribution in [1.29, 1.82) is 0 Å².